The van der Waals surface area contributed by atoms with Gasteiger partial charge in [0.25, 0.3) is 0 Å². The van der Waals surface area contributed by atoms with Crippen molar-refractivity contribution in [2.75, 3.05) is 5.73 Å². The van der Waals surface area contributed by atoms with E-state index in [2.05, 4.69) is 22.6 Å². The summed E-state index contributed by atoms with van der Waals surface area (Å²) in [6, 6.07) is 5.73. The molecule has 0 bridgehead atoms. The van der Waals surface area contributed by atoms with E-state index in [-0.39, 0.29) is 6.10 Å². The van der Waals surface area contributed by atoms with Gasteiger partial charge in [-0.05, 0) is 48.6 Å². The summed E-state index contributed by atoms with van der Waals surface area (Å²) in [5.74, 6) is 0.836. The second-order valence-electron chi connectivity index (χ2n) is 2.85. The van der Waals surface area contributed by atoms with Crippen molar-refractivity contribution in [2.24, 2.45) is 0 Å². The summed E-state index contributed by atoms with van der Waals surface area (Å²) < 4.78 is 6.53. The summed E-state index contributed by atoms with van der Waals surface area (Å²) in [4.78, 5) is 0. The summed E-state index contributed by atoms with van der Waals surface area (Å²) in [5, 5.41) is 0. The molecule has 2 nitrogen and oxygen atoms in total. The first-order valence-electron chi connectivity index (χ1n) is 3.81. The van der Waals surface area contributed by atoms with Crippen LogP contribution in [0.5, 0.6) is 5.75 Å². The number of ether oxygens (including phenoxy) is 1. The van der Waals surface area contributed by atoms with Crippen LogP contribution >= 0.6 is 22.6 Å². The lowest BCUT2D eigenvalue weighted by Gasteiger charge is -2.10. The summed E-state index contributed by atoms with van der Waals surface area (Å²) in [6.07, 6.45) is 0.199. The Morgan fingerprint density at radius 2 is 2.08 bits per heavy atom. The maximum atomic E-state index is 5.71. The quantitative estimate of drug-likeness (QED) is 0.666. The van der Waals surface area contributed by atoms with Crippen molar-refractivity contribution in [1.82, 2.24) is 0 Å². The number of hydrogen-bond acceptors (Lipinski definition) is 2. The van der Waals surface area contributed by atoms with Crippen molar-refractivity contribution in [2.45, 2.75) is 20.0 Å². The molecule has 0 aromatic heterocycles. The average Bonchev–Trinajstić information content (AvgIpc) is 1.96. The lowest BCUT2D eigenvalue weighted by atomic mass is 10.3. The molecule has 3 heteroatoms. The van der Waals surface area contributed by atoms with E-state index >= 15 is 0 Å². The van der Waals surface area contributed by atoms with Crippen LogP contribution in [-0.4, -0.2) is 6.10 Å². The van der Waals surface area contributed by atoms with E-state index in [0.29, 0.717) is 0 Å². The van der Waals surface area contributed by atoms with Crippen molar-refractivity contribution >= 4 is 28.3 Å². The van der Waals surface area contributed by atoms with Crippen LogP contribution in [0.3, 0.4) is 0 Å². The van der Waals surface area contributed by atoms with Gasteiger partial charge in [0.05, 0.1) is 6.10 Å². The van der Waals surface area contributed by atoms with E-state index in [1.165, 1.54) is 0 Å². The summed E-state index contributed by atoms with van der Waals surface area (Å²) >= 11 is 2.19. The third-order valence-corrected chi connectivity index (χ3v) is 2.32. The van der Waals surface area contributed by atoms with Crippen molar-refractivity contribution in [3.05, 3.63) is 21.8 Å². The average molecular weight is 277 g/mol. The number of halogens is 1. The molecule has 0 heterocycles. The fraction of sp³-hybridized carbons (Fsp3) is 0.333. The molecule has 1 aromatic carbocycles. The molecule has 0 fully saturated rings. The topological polar surface area (TPSA) is 35.2 Å². The van der Waals surface area contributed by atoms with Gasteiger partial charge in [-0.2, -0.15) is 0 Å². The van der Waals surface area contributed by atoms with E-state index in [0.717, 1.165) is 15.0 Å². The standard InChI is InChI=1S/C9H12INO/c1-6(2)12-7-3-4-8(10)9(11)5-7/h3-6H,11H2,1-2H3. The van der Waals surface area contributed by atoms with Gasteiger partial charge in [-0.3, -0.25) is 0 Å². The van der Waals surface area contributed by atoms with E-state index in [1.807, 2.05) is 32.0 Å². The highest BCUT2D eigenvalue weighted by Crippen LogP contribution is 2.21. The highest BCUT2D eigenvalue weighted by Gasteiger charge is 1.99. The largest absolute Gasteiger partial charge is 0.491 e. The number of benzene rings is 1. The van der Waals surface area contributed by atoms with E-state index in [4.69, 9.17) is 10.5 Å². The zero-order valence-corrected chi connectivity index (χ0v) is 9.33. The van der Waals surface area contributed by atoms with Crippen LogP contribution in [0.4, 0.5) is 5.69 Å². The summed E-state index contributed by atoms with van der Waals surface area (Å²) in [5.41, 5.74) is 6.48. The molecule has 12 heavy (non-hydrogen) atoms. The van der Waals surface area contributed by atoms with Crippen LogP contribution in [0.15, 0.2) is 18.2 Å². The number of anilines is 1. The van der Waals surface area contributed by atoms with Gasteiger partial charge in [0.2, 0.25) is 0 Å². The predicted molar refractivity (Wildman–Crippen MR) is 59.3 cm³/mol. The van der Waals surface area contributed by atoms with Crippen LogP contribution in [-0.2, 0) is 0 Å². The number of nitrogens with two attached hydrogens (primary N) is 1. The molecule has 2 N–H and O–H groups in total. The first-order valence-corrected chi connectivity index (χ1v) is 4.89. The van der Waals surface area contributed by atoms with Crippen molar-refractivity contribution in [1.29, 1.82) is 0 Å². The minimum atomic E-state index is 0.199. The van der Waals surface area contributed by atoms with Gasteiger partial charge in [0.1, 0.15) is 5.75 Å². The Morgan fingerprint density at radius 1 is 1.42 bits per heavy atom. The van der Waals surface area contributed by atoms with E-state index in [1.54, 1.807) is 0 Å². The number of rotatable bonds is 2. The maximum Gasteiger partial charge on any atom is 0.121 e. The SMILES string of the molecule is CC(C)Oc1ccc(I)c(N)c1. The van der Waals surface area contributed by atoms with Crippen molar-refractivity contribution < 1.29 is 4.74 Å². The highest BCUT2D eigenvalue weighted by atomic mass is 127. The lowest BCUT2D eigenvalue weighted by Crippen LogP contribution is -2.05. The first kappa shape index (κ1) is 9.64. The fourth-order valence-electron chi connectivity index (χ4n) is 0.867. The first-order chi connectivity index (χ1) is 5.59. The molecule has 0 atom stereocenters. The summed E-state index contributed by atoms with van der Waals surface area (Å²) in [7, 11) is 0. The molecule has 0 aliphatic heterocycles. The monoisotopic (exact) mass is 277 g/mol. The van der Waals surface area contributed by atoms with Crippen LogP contribution in [0.25, 0.3) is 0 Å². The second kappa shape index (κ2) is 3.98. The summed E-state index contributed by atoms with van der Waals surface area (Å²) in [6.45, 7) is 3.99. The zero-order chi connectivity index (χ0) is 9.14. The molecule has 0 amide bonds. The molecule has 1 rings (SSSR count). The molecule has 0 saturated carbocycles. The van der Waals surface area contributed by atoms with E-state index in [9.17, 15) is 0 Å². The molecule has 0 saturated heterocycles. The smallest absolute Gasteiger partial charge is 0.121 e. The van der Waals surface area contributed by atoms with Crippen molar-refractivity contribution in [3.8, 4) is 5.75 Å². The van der Waals surface area contributed by atoms with Gasteiger partial charge in [-0.15, -0.1) is 0 Å². The van der Waals surface area contributed by atoms with Crippen LogP contribution in [0.2, 0.25) is 0 Å². The van der Waals surface area contributed by atoms with Crippen molar-refractivity contribution in [3.63, 3.8) is 0 Å². The molecule has 0 spiro atoms. The molecule has 0 radical (unpaired) electrons. The Morgan fingerprint density at radius 3 is 2.58 bits per heavy atom. The van der Waals surface area contributed by atoms with E-state index < -0.39 is 0 Å². The molecule has 0 aliphatic rings. The minimum absolute atomic E-state index is 0.199. The molecular weight excluding hydrogens is 265 g/mol. The van der Waals surface area contributed by atoms with Gasteiger partial charge in [-0.25, -0.2) is 0 Å². The third kappa shape index (κ3) is 2.55. The van der Waals surface area contributed by atoms with Gasteiger partial charge in [0, 0.05) is 15.3 Å². The van der Waals surface area contributed by atoms with Crippen LogP contribution < -0.4 is 10.5 Å². The minimum Gasteiger partial charge on any atom is -0.491 e. The number of nitrogen functional groups attached to an aromatic ring is 1. The van der Waals surface area contributed by atoms with Gasteiger partial charge < -0.3 is 10.5 Å². The Bertz CT molecular complexity index is 273. The maximum absolute atomic E-state index is 5.71. The van der Waals surface area contributed by atoms with Gasteiger partial charge in [-0.1, -0.05) is 0 Å². The second-order valence-corrected chi connectivity index (χ2v) is 4.01. The molecule has 1 aromatic rings. The Kier molecular flexibility index (Phi) is 3.20. The van der Waals surface area contributed by atoms with Gasteiger partial charge in [0.15, 0.2) is 0 Å². The molecule has 0 unspecified atom stereocenters. The Balaban J connectivity index is 2.82. The Hall–Kier alpha value is -0.450. The number of hydrogen-bond donors (Lipinski definition) is 1. The van der Waals surface area contributed by atoms with Gasteiger partial charge >= 0.3 is 0 Å². The third-order valence-electron chi connectivity index (χ3n) is 1.34. The lowest BCUT2D eigenvalue weighted by molar-refractivity contribution is 0.242. The molecular formula is C9H12INO. The molecule has 0 aliphatic carbocycles. The van der Waals surface area contributed by atoms with Crippen LogP contribution in [0.1, 0.15) is 13.8 Å². The zero-order valence-electron chi connectivity index (χ0n) is 7.17. The fourth-order valence-corrected chi connectivity index (χ4v) is 1.20. The molecule has 66 valence electrons. The normalized spacial score (nSPS) is 10.3. The predicted octanol–water partition coefficient (Wildman–Crippen LogP) is 2.66. The van der Waals surface area contributed by atoms with Crippen LogP contribution in [0, 0.1) is 3.57 Å². The highest BCUT2D eigenvalue weighted by molar-refractivity contribution is 14.1. The Labute approximate surface area is 86.2 Å².